The fraction of sp³-hybridized carbons (Fsp3) is 0.684. The Bertz CT molecular complexity index is 484. The molecule has 1 aliphatic carbocycles. The standard InChI is InChI=1S/C19H28N2/c1-14-10-16-7-3-5-9-19(16)21(12-14)13-17-11-15-6-2-4-8-18(15)20-17/h3,5,7,9,14-15,17-18,20H,2,4,6,8,10-13H2,1H3. The second-order valence-corrected chi connectivity index (χ2v) is 7.59. The molecule has 2 fully saturated rings. The molecule has 1 aromatic rings. The fourth-order valence-electron chi connectivity index (χ4n) is 4.92. The predicted molar refractivity (Wildman–Crippen MR) is 88.8 cm³/mol. The van der Waals surface area contributed by atoms with Crippen LogP contribution in [0.5, 0.6) is 0 Å². The van der Waals surface area contributed by atoms with Gasteiger partial charge in [-0.2, -0.15) is 0 Å². The number of nitrogens with zero attached hydrogens (tertiary/aromatic N) is 1. The zero-order valence-corrected chi connectivity index (χ0v) is 13.2. The van der Waals surface area contributed by atoms with Crippen LogP contribution in [0.3, 0.4) is 0 Å². The summed E-state index contributed by atoms with van der Waals surface area (Å²) in [6.45, 7) is 4.82. The van der Waals surface area contributed by atoms with Crippen molar-refractivity contribution in [3.63, 3.8) is 0 Å². The molecule has 4 unspecified atom stereocenters. The third-order valence-electron chi connectivity index (χ3n) is 5.82. The molecule has 0 amide bonds. The lowest BCUT2D eigenvalue weighted by Gasteiger charge is -2.36. The van der Waals surface area contributed by atoms with Crippen LogP contribution in [0.15, 0.2) is 24.3 Å². The lowest BCUT2D eigenvalue weighted by Crippen LogP contribution is -2.44. The Labute approximate surface area is 128 Å². The summed E-state index contributed by atoms with van der Waals surface area (Å²) in [7, 11) is 0. The monoisotopic (exact) mass is 284 g/mol. The van der Waals surface area contributed by atoms with Crippen molar-refractivity contribution in [1.82, 2.24) is 5.32 Å². The first-order valence-corrected chi connectivity index (χ1v) is 8.88. The highest BCUT2D eigenvalue weighted by molar-refractivity contribution is 5.55. The minimum Gasteiger partial charge on any atom is -0.369 e. The maximum atomic E-state index is 3.94. The molecule has 2 heterocycles. The van der Waals surface area contributed by atoms with Gasteiger partial charge in [0.1, 0.15) is 0 Å². The molecule has 2 aliphatic heterocycles. The highest BCUT2D eigenvalue weighted by Gasteiger charge is 2.36. The minimum atomic E-state index is 0.705. The van der Waals surface area contributed by atoms with Gasteiger partial charge in [-0.15, -0.1) is 0 Å². The molecule has 0 bridgehead atoms. The number of nitrogens with one attached hydrogen (secondary N) is 1. The second-order valence-electron chi connectivity index (χ2n) is 7.59. The summed E-state index contributed by atoms with van der Waals surface area (Å²) in [4.78, 5) is 2.65. The molecule has 2 nitrogen and oxygen atoms in total. The Kier molecular flexibility index (Phi) is 3.66. The van der Waals surface area contributed by atoms with Gasteiger partial charge in [0.2, 0.25) is 0 Å². The molecule has 3 aliphatic rings. The lowest BCUT2D eigenvalue weighted by atomic mass is 9.85. The number of para-hydroxylation sites is 1. The molecule has 4 rings (SSSR count). The Balaban J connectivity index is 1.47. The molecule has 1 N–H and O–H groups in total. The molecule has 1 saturated heterocycles. The summed E-state index contributed by atoms with van der Waals surface area (Å²) < 4.78 is 0. The SMILES string of the molecule is CC1Cc2ccccc2N(CC2CC3CCCCC3N2)C1. The van der Waals surface area contributed by atoms with E-state index in [4.69, 9.17) is 0 Å². The van der Waals surface area contributed by atoms with Crippen LogP contribution in [0.25, 0.3) is 0 Å². The highest BCUT2D eigenvalue weighted by atomic mass is 15.2. The third-order valence-corrected chi connectivity index (χ3v) is 5.82. The predicted octanol–water partition coefficient (Wildman–Crippen LogP) is 3.61. The van der Waals surface area contributed by atoms with Gasteiger partial charge in [-0.25, -0.2) is 0 Å². The van der Waals surface area contributed by atoms with E-state index in [-0.39, 0.29) is 0 Å². The van der Waals surface area contributed by atoms with Crippen LogP contribution < -0.4 is 10.2 Å². The number of hydrogen-bond acceptors (Lipinski definition) is 2. The Morgan fingerprint density at radius 2 is 2.05 bits per heavy atom. The van der Waals surface area contributed by atoms with E-state index in [1.807, 2.05) is 0 Å². The molecule has 4 atom stereocenters. The maximum Gasteiger partial charge on any atom is 0.0399 e. The number of hydrogen-bond donors (Lipinski definition) is 1. The van der Waals surface area contributed by atoms with Crippen molar-refractivity contribution in [2.75, 3.05) is 18.0 Å². The molecule has 0 aromatic heterocycles. The van der Waals surface area contributed by atoms with Gasteiger partial charge in [0.15, 0.2) is 0 Å². The van der Waals surface area contributed by atoms with E-state index in [0.717, 1.165) is 17.9 Å². The van der Waals surface area contributed by atoms with Crippen molar-refractivity contribution in [3.8, 4) is 0 Å². The topological polar surface area (TPSA) is 15.3 Å². The summed E-state index contributed by atoms with van der Waals surface area (Å²) in [5.74, 6) is 1.74. The zero-order chi connectivity index (χ0) is 14.2. The molecular formula is C19H28N2. The number of anilines is 1. The van der Waals surface area contributed by atoms with Gasteiger partial charge in [0.05, 0.1) is 0 Å². The van der Waals surface area contributed by atoms with E-state index in [1.54, 1.807) is 5.56 Å². The van der Waals surface area contributed by atoms with Gasteiger partial charge < -0.3 is 10.2 Å². The van der Waals surface area contributed by atoms with Crippen LogP contribution in [0.2, 0.25) is 0 Å². The molecule has 2 heteroatoms. The number of rotatable bonds is 2. The number of benzene rings is 1. The molecule has 114 valence electrons. The molecular weight excluding hydrogens is 256 g/mol. The Morgan fingerprint density at radius 1 is 1.19 bits per heavy atom. The summed E-state index contributed by atoms with van der Waals surface area (Å²) in [6, 6.07) is 10.6. The Hall–Kier alpha value is -1.02. The van der Waals surface area contributed by atoms with Crippen LogP contribution in [0.1, 0.15) is 44.6 Å². The van der Waals surface area contributed by atoms with E-state index in [1.165, 1.54) is 57.3 Å². The molecule has 0 radical (unpaired) electrons. The fourth-order valence-corrected chi connectivity index (χ4v) is 4.92. The van der Waals surface area contributed by atoms with Gasteiger partial charge in [0, 0.05) is 30.9 Å². The smallest absolute Gasteiger partial charge is 0.0399 e. The largest absolute Gasteiger partial charge is 0.369 e. The minimum absolute atomic E-state index is 0.705. The van der Waals surface area contributed by atoms with Gasteiger partial charge in [-0.3, -0.25) is 0 Å². The molecule has 1 saturated carbocycles. The van der Waals surface area contributed by atoms with Crippen molar-refractivity contribution in [3.05, 3.63) is 29.8 Å². The van der Waals surface area contributed by atoms with Crippen molar-refractivity contribution in [2.45, 2.75) is 57.5 Å². The first kappa shape index (κ1) is 13.6. The lowest BCUT2D eigenvalue weighted by molar-refractivity contribution is 0.325. The van der Waals surface area contributed by atoms with Crippen molar-refractivity contribution in [2.24, 2.45) is 11.8 Å². The van der Waals surface area contributed by atoms with Crippen molar-refractivity contribution < 1.29 is 0 Å². The maximum absolute atomic E-state index is 3.94. The molecule has 1 aromatic carbocycles. The van der Waals surface area contributed by atoms with E-state index in [9.17, 15) is 0 Å². The first-order valence-electron chi connectivity index (χ1n) is 8.88. The summed E-state index contributed by atoms with van der Waals surface area (Å²) in [5.41, 5.74) is 3.04. The van der Waals surface area contributed by atoms with E-state index < -0.39 is 0 Å². The van der Waals surface area contributed by atoms with E-state index in [2.05, 4.69) is 41.4 Å². The summed E-state index contributed by atoms with van der Waals surface area (Å²) in [6.07, 6.45) is 8.41. The van der Waals surface area contributed by atoms with E-state index in [0.29, 0.717) is 6.04 Å². The summed E-state index contributed by atoms with van der Waals surface area (Å²) in [5, 5.41) is 3.94. The summed E-state index contributed by atoms with van der Waals surface area (Å²) >= 11 is 0. The van der Waals surface area contributed by atoms with E-state index >= 15 is 0 Å². The first-order chi connectivity index (χ1) is 10.3. The van der Waals surface area contributed by atoms with Gasteiger partial charge in [0.25, 0.3) is 0 Å². The van der Waals surface area contributed by atoms with Gasteiger partial charge >= 0.3 is 0 Å². The van der Waals surface area contributed by atoms with Crippen LogP contribution in [-0.2, 0) is 6.42 Å². The van der Waals surface area contributed by atoms with Gasteiger partial charge in [-0.05, 0) is 49.1 Å². The van der Waals surface area contributed by atoms with Crippen LogP contribution >= 0.6 is 0 Å². The van der Waals surface area contributed by atoms with Crippen molar-refractivity contribution in [1.29, 1.82) is 0 Å². The zero-order valence-electron chi connectivity index (χ0n) is 13.2. The normalized spacial score (nSPS) is 35.4. The second kappa shape index (κ2) is 5.64. The molecule has 0 spiro atoms. The van der Waals surface area contributed by atoms with Crippen molar-refractivity contribution >= 4 is 5.69 Å². The van der Waals surface area contributed by atoms with Crippen LogP contribution in [0.4, 0.5) is 5.69 Å². The molecule has 21 heavy (non-hydrogen) atoms. The van der Waals surface area contributed by atoms with Crippen LogP contribution in [0, 0.1) is 11.8 Å². The highest BCUT2D eigenvalue weighted by Crippen LogP contribution is 2.35. The van der Waals surface area contributed by atoms with Gasteiger partial charge in [-0.1, -0.05) is 38.0 Å². The average molecular weight is 284 g/mol. The Morgan fingerprint density at radius 3 is 2.95 bits per heavy atom. The third kappa shape index (κ3) is 2.70. The quantitative estimate of drug-likeness (QED) is 0.892. The van der Waals surface area contributed by atoms with Crippen LogP contribution in [-0.4, -0.2) is 25.2 Å². The number of fused-ring (bicyclic) bond motifs is 2. The average Bonchev–Trinajstić information content (AvgIpc) is 2.89.